The van der Waals surface area contributed by atoms with E-state index in [4.69, 9.17) is 4.74 Å². The lowest BCUT2D eigenvalue weighted by Crippen LogP contribution is -2.50. The number of ketones is 1. The highest BCUT2D eigenvalue weighted by Crippen LogP contribution is 2.45. The van der Waals surface area contributed by atoms with Crippen LogP contribution in [0.15, 0.2) is 41.4 Å². The van der Waals surface area contributed by atoms with Crippen LogP contribution in [0.4, 0.5) is 5.82 Å². The zero-order chi connectivity index (χ0) is 33.3. The molecular weight excluding hydrogens is 678 g/mol. The Bertz CT molecular complexity index is 2070. The Morgan fingerprint density at radius 1 is 1.17 bits per heavy atom. The monoisotopic (exact) mass is 709 g/mol. The van der Waals surface area contributed by atoms with E-state index in [1.54, 1.807) is 36.5 Å². The van der Waals surface area contributed by atoms with Gasteiger partial charge in [-0.2, -0.15) is 5.10 Å². The summed E-state index contributed by atoms with van der Waals surface area (Å²) in [6.07, 6.45) is 6.60. The van der Waals surface area contributed by atoms with Crippen molar-refractivity contribution in [1.29, 1.82) is 0 Å². The maximum Gasteiger partial charge on any atom is 0.248 e. The fourth-order valence-corrected chi connectivity index (χ4v) is 7.59. The molecular formula is C34H32BrN9O4. The van der Waals surface area contributed by atoms with Crippen LogP contribution in [-0.2, 0) is 27.4 Å². The van der Waals surface area contributed by atoms with Crippen molar-refractivity contribution < 1.29 is 19.1 Å². The van der Waals surface area contributed by atoms with Gasteiger partial charge in [0, 0.05) is 55.0 Å². The van der Waals surface area contributed by atoms with Crippen LogP contribution >= 0.6 is 15.9 Å². The molecule has 0 spiro atoms. The van der Waals surface area contributed by atoms with Crippen LogP contribution in [0, 0.1) is 24.2 Å². The SMILES string of the molecule is CC(=O)c1nn(CC(=O)N2[C@H](C(=O)Nc3nc(Br)ccc3CN3CC4CC3CO4)C[C@@]3(C)C#C[C@@H]23)c2cnc(-c3cnc(C)nc3)cc12. The molecule has 2 bridgehead atoms. The number of rotatable bonds is 8. The van der Waals surface area contributed by atoms with Gasteiger partial charge < -0.3 is 15.0 Å². The molecule has 4 aromatic heterocycles. The minimum absolute atomic E-state index is 0.198. The number of fused-ring (bicyclic) bond motifs is 4. The topological polar surface area (TPSA) is 148 Å². The van der Waals surface area contributed by atoms with Crippen molar-refractivity contribution >= 4 is 50.2 Å². The quantitative estimate of drug-likeness (QED) is 0.164. The van der Waals surface area contributed by atoms with Crippen molar-refractivity contribution in [2.45, 2.75) is 70.9 Å². The molecule has 3 fully saturated rings. The van der Waals surface area contributed by atoms with Crippen LogP contribution in [0.2, 0.25) is 0 Å². The molecule has 0 radical (unpaired) electrons. The third-order valence-electron chi connectivity index (χ3n) is 9.83. The summed E-state index contributed by atoms with van der Waals surface area (Å²) < 4.78 is 7.84. The average Bonchev–Trinajstić information content (AvgIpc) is 3.81. The predicted molar refractivity (Wildman–Crippen MR) is 177 cm³/mol. The standard InChI is InChI=1S/C34H32BrN9O4/c1-18(45)31-24-9-25(21-11-36-19(2)37-12-21)38-13-27(24)43(41-31)16-30(46)44-26(10-34(3)7-6-28(34)44)33(47)40-32-20(4-5-29(35)39-32)14-42-15-23-8-22(42)17-48-23/h4-5,9,11-13,22-23,26,28H,8,10,14-17H2,1-3H3,(H,39,40,47)/t22?,23?,26-,28+,34+/m0/s1. The lowest BCUT2D eigenvalue weighted by molar-refractivity contribution is -0.138. The van der Waals surface area contributed by atoms with Gasteiger partial charge in [0.1, 0.15) is 40.6 Å². The van der Waals surface area contributed by atoms with Crippen LogP contribution in [-0.4, -0.2) is 94.5 Å². The number of ether oxygens (including phenoxy) is 1. The minimum Gasteiger partial charge on any atom is -0.375 e. The number of nitrogens with one attached hydrogen (secondary N) is 1. The van der Waals surface area contributed by atoms with E-state index in [0.29, 0.717) is 64.0 Å². The summed E-state index contributed by atoms with van der Waals surface area (Å²) in [6, 6.07) is 4.74. The molecule has 13 nitrogen and oxygen atoms in total. The van der Waals surface area contributed by atoms with Gasteiger partial charge in [0.25, 0.3) is 0 Å². The third kappa shape index (κ3) is 5.26. The van der Waals surface area contributed by atoms with Gasteiger partial charge in [-0.25, -0.2) is 15.0 Å². The highest BCUT2D eigenvalue weighted by atomic mass is 79.9. The van der Waals surface area contributed by atoms with E-state index >= 15 is 0 Å². The number of aryl methyl sites for hydroxylation is 1. The molecule has 8 rings (SSSR count). The van der Waals surface area contributed by atoms with Gasteiger partial charge in [0.2, 0.25) is 11.8 Å². The Morgan fingerprint density at radius 2 is 1.98 bits per heavy atom. The summed E-state index contributed by atoms with van der Waals surface area (Å²) in [5.74, 6) is 6.49. The largest absolute Gasteiger partial charge is 0.375 e. The van der Waals surface area contributed by atoms with Gasteiger partial charge in [-0.3, -0.25) is 28.9 Å². The third-order valence-corrected chi connectivity index (χ3v) is 10.3. The molecule has 244 valence electrons. The molecule has 1 aliphatic carbocycles. The maximum absolute atomic E-state index is 14.1. The van der Waals surface area contributed by atoms with Crippen molar-refractivity contribution in [2.24, 2.45) is 5.41 Å². The first-order valence-corrected chi connectivity index (χ1v) is 16.7. The molecule has 5 atom stereocenters. The first-order valence-electron chi connectivity index (χ1n) is 15.9. The van der Waals surface area contributed by atoms with Gasteiger partial charge in [-0.05, 0) is 54.8 Å². The summed E-state index contributed by atoms with van der Waals surface area (Å²) in [6.45, 7) is 7.21. The highest BCUT2D eigenvalue weighted by Gasteiger charge is 2.56. The number of carbonyl (C=O) groups is 3. The van der Waals surface area contributed by atoms with Gasteiger partial charge in [0.15, 0.2) is 5.78 Å². The molecule has 48 heavy (non-hydrogen) atoms. The Hall–Kier alpha value is -4.58. The van der Waals surface area contributed by atoms with E-state index in [9.17, 15) is 14.4 Å². The number of likely N-dealkylation sites (tertiary alicyclic amines) is 2. The van der Waals surface area contributed by atoms with E-state index in [1.807, 2.05) is 19.1 Å². The molecule has 3 saturated heterocycles. The molecule has 0 aromatic carbocycles. The number of morpholine rings is 1. The van der Waals surface area contributed by atoms with Crippen molar-refractivity contribution in [2.75, 3.05) is 18.5 Å². The van der Waals surface area contributed by atoms with Crippen molar-refractivity contribution in [1.82, 2.24) is 39.5 Å². The molecule has 3 aliphatic heterocycles. The number of nitrogens with zero attached hydrogens (tertiary/aromatic N) is 8. The summed E-state index contributed by atoms with van der Waals surface area (Å²) in [5, 5.41) is 8.15. The lowest BCUT2D eigenvalue weighted by atomic mass is 9.76. The van der Waals surface area contributed by atoms with E-state index in [1.165, 1.54) is 11.6 Å². The van der Waals surface area contributed by atoms with Gasteiger partial charge in [-0.15, -0.1) is 0 Å². The van der Waals surface area contributed by atoms with Gasteiger partial charge >= 0.3 is 0 Å². The lowest BCUT2D eigenvalue weighted by Gasteiger charge is -2.34. The minimum atomic E-state index is -0.791. The molecule has 7 heterocycles. The fraction of sp³-hybridized carbons (Fsp3) is 0.412. The number of carbonyl (C=O) groups excluding carboxylic acids is 3. The predicted octanol–water partition coefficient (Wildman–Crippen LogP) is 3.16. The normalized spacial score (nSPS) is 25.5. The molecule has 0 saturated carbocycles. The van der Waals surface area contributed by atoms with E-state index in [0.717, 1.165) is 18.5 Å². The summed E-state index contributed by atoms with van der Waals surface area (Å²) in [4.78, 5) is 62.4. The van der Waals surface area contributed by atoms with Gasteiger partial charge in [-0.1, -0.05) is 17.9 Å². The molecule has 14 heteroatoms. The van der Waals surface area contributed by atoms with Crippen molar-refractivity contribution in [3.8, 4) is 23.1 Å². The molecule has 1 N–H and O–H groups in total. The summed E-state index contributed by atoms with van der Waals surface area (Å²) in [7, 11) is 0. The van der Waals surface area contributed by atoms with Crippen LogP contribution in [0.5, 0.6) is 0 Å². The van der Waals surface area contributed by atoms with E-state index in [2.05, 4.69) is 63.0 Å². The van der Waals surface area contributed by atoms with Crippen LogP contribution in [0.1, 0.15) is 48.6 Å². The Kier molecular flexibility index (Phi) is 7.39. The van der Waals surface area contributed by atoms with Crippen molar-refractivity contribution in [3.63, 3.8) is 0 Å². The summed E-state index contributed by atoms with van der Waals surface area (Å²) >= 11 is 3.45. The average molecular weight is 711 g/mol. The summed E-state index contributed by atoms with van der Waals surface area (Å²) in [5.41, 5.74) is 2.41. The van der Waals surface area contributed by atoms with Crippen LogP contribution in [0.25, 0.3) is 22.2 Å². The zero-order valence-electron chi connectivity index (χ0n) is 26.6. The highest BCUT2D eigenvalue weighted by molar-refractivity contribution is 9.10. The zero-order valence-corrected chi connectivity index (χ0v) is 28.2. The molecule has 4 aliphatic rings. The number of aromatic nitrogens is 6. The molecule has 4 aromatic rings. The number of halogens is 1. The number of hydrogen-bond acceptors (Lipinski definition) is 10. The molecule has 2 amide bonds. The Labute approximate surface area is 284 Å². The van der Waals surface area contributed by atoms with Crippen molar-refractivity contribution in [3.05, 3.63) is 58.5 Å². The first kappa shape index (κ1) is 30.7. The number of anilines is 1. The second kappa shape index (κ2) is 11.5. The van der Waals surface area contributed by atoms with Crippen LogP contribution < -0.4 is 5.32 Å². The fourth-order valence-electron chi connectivity index (χ4n) is 7.28. The van der Waals surface area contributed by atoms with E-state index in [-0.39, 0.29) is 35.9 Å². The first-order chi connectivity index (χ1) is 23.1. The number of amides is 2. The Balaban J connectivity index is 1.06. The van der Waals surface area contributed by atoms with E-state index < -0.39 is 17.5 Å². The number of hydrogen-bond donors (Lipinski definition) is 1. The van der Waals surface area contributed by atoms with Gasteiger partial charge in [0.05, 0.1) is 35.5 Å². The number of pyridine rings is 2. The number of Topliss-reactive ketones (excluding diaryl/α,β-unsaturated/α-hetero) is 1. The second-order valence-electron chi connectivity index (χ2n) is 13.2. The van der Waals surface area contributed by atoms with Crippen LogP contribution in [0.3, 0.4) is 0 Å². The second-order valence-corrected chi connectivity index (χ2v) is 14.0. The maximum atomic E-state index is 14.1. The molecule has 2 unspecified atom stereocenters. The Morgan fingerprint density at radius 3 is 2.67 bits per heavy atom. The smallest absolute Gasteiger partial charge is 0.248 e.